The minimum atomic E-state index is -0.125. The SMILES string of the molecule is C=C1CC(C)(C)Oc2c1ccc(C)c2CCC. The maximum Gasteiger partial charge on any atom is 0.131 e. The van der Waals surface area contributed by atoms with E-state index in [1.54, 1.807) is 0 Å². The van der Waals surface area contributed by atoms with Gasteiger partial charge in [-0.15, -0.1) is 0 Å². The Morgan fingerprint density at radius 3 is 2.71 bits per heavy atom. The quantitative estimate of drug-likeness (QED) is 0.725. The van der Waals surface area contributed by atoms with Crippen LogP contribution >= 0.6 is 0 Å². The summed E-state index contributed by atoms with van der Waals surface area (Å²) in [6, 6.07) is 4.35. The van der Waals surface area contributed by atoms with E-state index in [2.05, 4.69) is 46.4 Å². The van der Waals surface area contributed by atoms with Crippen molar-refractivity contribution in [2.24, 2.45) is 0 Å². The molecule has 1 aliphatic heterocycles. The molecule has 1 aromatic rings. The Kier molecular flexibility index (Phi) is 3.03. The molecule has 1 heteroatoms. The topological polar surface area (TPSA) is 9.23 Å². The standard InChI is InChI=1S/C16H22O/c1-6-7-13-11(2)8-9-14-12(3)10-16(4,5)17-15(13)14/h8-9H,3,6-7,10H2,1-2,4-5H3. The van der Waals surface area contributed by atoms with E-state index in [1.807, 2.05) is 0 Å². The zero-order chi connectivity index (χ0) is 12.6. The van der Waals surface area contributed by atoms with Crippen LogP contribution in [0.2, 0.25) is 0 Å². The van der Waals surface area contributed by atoms with E-state index in [9.17, 15) is 0 Å². The molecule has 92 valence electrons. The second kappa shape index (κ2) is 4.21. The number of fused-ring (bicyclic) bond motifs is 1. The lowest BCUT2D eigenvalue weighted by atomic mass is 9.87. The predicted molar refractivity (Wildman–Crippen MR) is 73.5 cm³/mol. The molecule has 0 saturated carbocycles. The van der Waals surface area contributed by atoms with Crippen LogP contribution in [-0.4, -0.2) is 5.60 Å². The highest BCUT2D eigenvalue weighted by Crippen LogP contribution is 2.42. The fraction of sp³-hybridized carbons (Fsp3) is 0.500. The van der Waals surface area contributed by atoms with Crippen LogP contribution in [0, 0.1) is 6.92 Å². The smallest absolute Gasteiger partial charge is 0.131 e. The number of hydrogen-bond acceptors (Lipinski definition) is 1. The summed E-state index contributed by atoms with van der Waals surface area (Å²) in [6.07, 6.45) is 3.14. The monoisotopic (exact) mass is 230 g/mol. The zero-order valence-corrected chi connectivity index (χ0v) is 11.4. The molecule has 0 aromatic heterocycles. The van der Waals surface area contributed by atoms with Crippen molar-refractivity contribution in [3.8, 4) is 5.75 Å². The molecule has 1 aliphatic rings. The van der Waals surface area contributed by atoms with Gasteiger partial charge in [0.1, 0.15) is 11.4 Å². The van der Waals surface area contributed by atoms with E-state index in [1.165, 1.54) is 22.3 Å². The maximum absolute atomic E-state index is 6.19. The zero-order valence-electron chi connectivity index (χ0n) is 11.4. The molecule has 0 bridgehead atoms. The minimum absolute atomic E-state index is 0.125. The van der Waals surface area contributed by atoms with E-state index in [-0.39, 0.29) is 5.60 Å². The van der Waals surface area contributed by atoms with Crippen molar-refractivity contribution in [3.05, 3.63) is 35.4 Å². The Labute approximate surface area is 104 Å². The Morgan fingerprint density at radius 2 is 2.06 bits per heavy atom. The van der Waals surface area contributed by atoms with Crippen LogP contribution in [0.1, 0.15) is 50.3 Å². The van der Waals surface area contributed by atoms with Crippen molar-refractivity contribution < 1.29 is 4.74 Å². The van der Waals surface area contributed by atoms with E-state index in [4.69, 9.17) is 4.74 Å². The molecule has 0 N–H and O–H groups in total. The summed E-state index contributed by atoms with van der Waals surface area (Å²) in [6.45, 7) is 12.9. The number of ether oxygens (including phenoxy) is 1. The third kappa shape index (κ3) is 2.24. The Hall–Kier alpha value is -1.24. The molecular weight excluding hydrogens is 208 g/mol. The van der Waals surface area contributed by atoms with Crippen LogP contribution in [0.3, 0.4) is 0 Å². The summed E-state index contributed by atoms with van der Waals surface area (Å²) in [4.78, 5) is 0. The van der Waals surface area contributed by atoms with Crippen LogP contribution in [0.5, 0.6) is 5.75 Å². The lowest BCUT2D eigenvalue weighted by Crippen LogP contribution is -2.32. The van der Waals surface area contributed by atoms with E-state index >= 15 is 0 Å². The average Bonchev–Trinajstić information content (AvgIpc) is 2.21. The normalized spacial score (nSPS) is 17.5. The highest BCUT2D eigenvalue weighted by molar-refractivity contribution is 5.73. The molecule has 1 heterocycles. The predicted octanol–water partition coefficient (Wildman–Crippen LogP) is 4.52. The van der Waals surface area contributed by atoms with Gasteiger partial charge in [0.2, 0.25) is 0 Å². The molecular formula is C16H22O. The van der Waals surface area contributed by atoms with Gasteiger partial charge >= 0.3 is 0 Å². The van der Waals surface area contributed by atoms with E-state index < -0.39 is 0 Å². The molecule has 1 nitrogen and oxygen atoms in total. The molecule has 0 atom stereocenters. The molecule has 0 saturated heterocycles. The minimum Gasteiger partial charge on any atom is -0.487 e. The number of hydrogen-bond donors (Lipinski definition) is 0. The largest absolute Gasteiger partial charge is 0.487 e. The first-order chi connectivity index (χ1) is 7.94. The van der Waals surface area contributed by atoms with Crippen molar-refractivity contribution in [2.75, 3.05) is 0 Å². The van der Waals surface area contributed by atoms with Gasteiger partial charge in [0.15, 0.2) is 0 Å². The van der Waals surface area contributed by atoms with Crippen LogP contribution in [0.25, 0.3) is 5.57 Å². The summed E-state index contributed by atoms with van der Waals surface area (Å²) < 4.78 is 6.19. The summed E-state index contributed by atoms with van der Waals surface area (Å²) in [5.41, 5.74) is 4.97. The first kappa shape index (κ1) is 12.2. The highest BCUT2D eigenvalue weighted by atomic mass is 16.5. The molecule has 0 unspecified atom stereocenters. The van der Waals surface area contributed by atoms with Gasteiger partial charge in [0.25, 0.3) is 0 Å². The molecule has 17 heavy (non-hydrogen) atoms. The average molecular weight is 230 g/mol. The van der Waals surface area contributed by atoms with E-state index in [0.717, 1.165) is 25.0 Å². The van der Waals surface area contributed by atoms with Gasteiger partial charge in [0.05, 0.1) is 0 Å². The third-order valence-electron chi connectivity index (χ3n) is 3.39. The van der Waals surface area contributed by atoms with Crippen molar-refractivity contribution in [2.45, 2.75) is 52.6 Å². The van der Waals surface area contributed by atoms with Crippen molar-refractivity contribution in [3.63, 3.8) is 0 Å². The molecule has 2 rings (SSSR count). The Bertz CT molecular complexity index is 455. The van der Waals surface area contributed by atoms with Gasteiger partial charge in [-0.3, -0.25) is 0 Å². The van der Waals surface area contributed by atoms with Crippen LogP contribution in [-0.2, 0) is 6.42 Å². The second-order valence-corrected chi connectivity index (χ2v) is 5.63. The Balaban J connectivity index is 2.56. The molecule has 0 radical (unpaired) electrons. The van der Waals surface area contributed by atoms with E-state index in [0.29, 0.717) is 0 Å². The molecule has 0 spiro atoms. The van der Waals surface area contributed by atoms with Crippen LogP contribution in [0.15, 0.2) is 18.7 Å². The fourth-order valence-electron chi connectivity index (χ4n) is 2.60. The van der Waals surface area contributed by atoms with Crippen molar-refractivity contribution >= 4 is 5.57 Å². The van der Waals surface area contributed by atoms with Crippen molar-refractivity contribution in [1.29, 1.82) is 0 Å². The summed E-state index contributed by atoms with van der Waals surface area (Å²) in [5, 5.41) is 0. The first-order valence-electron chi connectivity index (χ1n) is 6.44. The van der Waals surface area contributed by atoms with Gasteiger partial charge < -0.3 is 4.74 Å². The second-order valence-electron chi connectivity index (χ2n) is 5.63. The van der Waals surface area contributed by atoms with Gasteiger partial charge in [0, 0.05) is 12.0 Å². The fourth-order valence-corrected chi connectivity index (χ4v) is 2.60. The van der Waals surface area contributed by atoms with Gasteiger partial charge in [-0.1, -0.05) is 32.1 Å². The molecule has 1 aromatic carbocycles. The molecule has 0 aliphatic carbocycles. The Morgan fingerprint density at radius 1 is 1.35 bits per heavy atom. The summed E-state index contributed by atoms with van der Waals surface area (Å²) in [7, 11) is 0. The highest BCUT2D eigenvalue weighted by Gasteiger charge is 2.30. The summed E-state index contributed by atoms with van der Waals surface area (Å²) in [5.74, 6) is 1.08. The lowest BCUT2D eigenvalue weighted by molar-refractivity contribution is 0.106. The number of benzene rings is 1. The number of rotatable bonds is 2. The maximum atomic E-state index is 6.19. The lowest BCUT2D eigenvalue weighted by Gasteiger charge is -2.35. The third-order valence-corrected chi connectivity index (χ3v) is 3.39. The molecule has 0 amide bonds. The number of aryl methyl sites for hydroxylation is 1. The van der Waals surface area contributed by atoms with Crippen LogP contribution < -0.4 is 4.74 Å². The first-order valence-corrected chi connectivity index (χ1v) is 6.44. The van der Waals surface area contributed by atoms with Gasteiger partial charge in [-0.05, 0) is 43.9 Å². The van der Waals surface area contributed by atoms with Crippen LogP contribution in [0.4, 0.5) is 0 Å². The van der Waals surface area contributed by atoms with Gasteiger partial charge in [-0.25, -0.2) is 0 Å². The molecule has 0 fully saturated rings. The van der Waals surface area contributed by atoms with Gasteiger partial charge in [-0.2, -0.15) is 0 Å². The van der Waals surface area contributed by atoms with Crippen molar-refractivity contribution in [1.82, 2.24) is 0 Å². The summed E-state index contributed by atoms with van der Waals surface area (Å²) >= 11 is 0.